The quantitative estimate of drug-likeness (QED) is 0.913. The Balaban J connectivity index is 1.85. The molecule has 0 saturated carbocycles. The first kappa shape index (κ1) is 15.5. The van der Waals surface area contributed by atoms with Gasteiger partial charge in [-0.05, 0) is 25.0 Å². The van der Waals surface area contributed by atoms with Gasteiger partial charge >= 0.3 is 0 Å². The number of nitrogens with zero attached hydrogens (tertiary/aromatic N) is 3. The lowest BCUT2D eigenvalue weighted by molar-refractivity contribution is -0.130. The lowest BCUT2D eigenvalue weighted by Crippen LogP contribution is -2.32. The van der Waals surface area contributed by atoms with Gasteiger partial charge in [-0.25, -0.2) is 4.98 Å². The van der Waals surface area contributed by atoms with E-state index in [9.17, 15) is 9.59 Å². The summed E-state index contributed by atoms with van der Waals surface area (Å²) in [6, 6.07) is 7.76. The second kappa shape index (κ2) is 6.81. The highest BCUT2D eigenvalue weighted by atomic mass is 16.2. The van der Waals surface area contributed by atoms with Crippen LogP contribution in [0.15, 0.2) is 24.3 Å². The van der Waals surface area contributed by atoms with E-state index in [4.69, 9.17) is 0 Å². The summed E-state index contributed by atoms with van der Waals surface area (Å²) >= 11 is 0. The van der Waals surface area contributed by atoms with Crippen LogP contribution in [-0.2, 0) is 22.7 Å². The topological polar surface area (TPSA) is 67.2 Å². The van der Waals surface area contributed by atoms with Gasteiger partial charge in [-0.2, -0.15) is 0 Å². The minimum atomic E-state index is -0.0190. The summed E-state index contributed by atoms with van der Waals surface area (Å²) in [6.07, 6.45) is 2.60. The summed E-state index contributed by atoms with van der Waals surface area (Å²) < 4.78 is 1.92. The number of nitrogens with one attached hydrogen (secondary N) is 1. The number of rotatable bonds is 5. The van der Waals surface area contributed by atoms with E-state index in [0.29, 0.717) is 13.0 Å². The molecular formula is C17H22N4O2. The fourth-order valence-electron chi connectivity index (χ4n) is 2.94. The normalized spacial score (nSPS) is 14.4. The number of para-hydroxylation sites is 2. The molecule has 1 aromatic heterocycles. The van der Waals surface area contributed by atoms with Crippen molar-refractivity contribution in [3.05, 3.63) is 30.1 Å². The minimum absolute atomic E-state index is 0.0190. The number of fused-ring (bicyclic) bond motifs is 1. The van der Waals surface area contributed by atoms with Crippen LogP contribution in [0.2, 0.25) is 0 Å². The number of benzene rings is 1. The van der Waals surface area contributed by atoms with Crippen molar-refractivity contribution >= 4 is 22.8 Å². The first-order valence-corrected chi connectivity index (χ1v) is 8.17. The molecule has 2 aromatic rings. The van der Waals surface area contributed by atoms with Crippen molar-refractivity contribution in [2.75, 3.05) is 13.1 Å². The van der Waals surface area contributed by atoms with Gasteiger partial charge in [0.2, 0.25) is 11.8 Å². The van der Waals surface area contributed by atoms with Crippen molar-refractivity contribution in [1.82, 2.24) is 19.8 Å². The zero-order chi connectivity index (χ0) is 16.2. The highest BCUT2D eigenvalue weighted by Crippen LogP contribution is 2.17. The molecule has 1 aromatic carbocycles. The number of aromatic nitrogens is 2. The fraction of sp³-hybridized carbons (Fsp3) is 0.471. The summed E-state index contributed by atoms with van der Waals surface area (Å²) in [5, 5.41) is 2.85. The van der Waals surface area contributed by atoms with Crippen LogP contribution in [0, 0.1) is 0 Å². The molecule has 0 radical (unpaired) electrons. The maximum atomic E-state index is 12.5. The number of carbonyl (C=O) groups is 2. The Bertz CT molecular complexity index is 716. The molecule has 122 valence electrons. The molecule has 2 heterocycles. The van der Waals surface area contributed by atoms with Gasteiger partial charge in [0, 0.05) is 19.5 Å². The average molecular weight is 314 g/mol. The van der Waals surface area contributed by atoms with Crippen LogP contribution in [0.25, 0.3) is 11.0 Å². The molecule has 0 atom stereocenters. The minimum Gasteiger partial charge on any atom is -0.349 e. The third-order valence-corrected chi connectivity index (χ3v) is 4.25. The van der Waals surface area contributed by atoms with E-state index < -0.39 is 0 Å². The third-order valence-electron chi connectivity index (χ3n) is 4.25. The molecule has 23 heavy (non-hydrogen) atoms. The van der Waals surface area contributed by atoms with Gasteiger partial charge in [-0.3, -0.25) is 9.59 Å². The molecule has 3 rings (SSSR count). The van der Waals surface area contributed by atoms with Crippen molar-refractivity contribution in [3.63, 3.8) is 0 Å². The lowest BCUT2D eigenvalue weighted by atomic mass is 10.3. The van der Waals surface area contributed by atoms with Crippen molar-refractivity contribution < 1.29 is 9.59 Å². The van der Waals surface area contributed by atoms with Crippen molar-refractivity contribution in [1.29, 1.82) is 0 Å². The van der Waals surface area contributed by atoms with E-state index in [-0.39, 0.29) is 18.4 Å². The number of carbonyl (C=O) groups excluding carboxylic acids is 2. The molecule has 1 fully saturated rings. The summed E-state index contributed by atoms with van der Waals surface area (Å²) in [7, 11) is 0. The van der Waals surface area contributed by atoms with Gasteiger partial charge in [-0.15, -0.1) is 0 Å². The van der Waals surface area contributed by atoms with Gasteiger partial charge < -0.3 is 14.8 Å². The maximum absolute atomic E-state index is 12.5. The SMILES string of the molecule is CCC(=O)NCc1nc2ccccc2n1CC(=O)N1CCCC1. The second-order valence-corrected chi connectivity index (χ2v) is 5.82. The first-order chi connectivity index (χ1) is 11.2. The molecule has 0 spiro atoms. The molecule has 1 N–H and O–H groups in total. The Kier molecular flexibility index (Phi) is 4.60. The van der Waals surface area contributed by atoms with Gasteiger partial charge in [0.25, 0.3) is 0 Å². The highest BCUT2D eigenvalue weighted by Gasteiger charge is 2.20. The summed E-state index contributed by atoms with van der Waals surface area (Å²) in [4.78, 5) is 30.5. The smallest absolute Gasteiger partial charge is 0.242 e. The van der Waals surface area contributed by atoms with E-state index >= 15 is 0 Å². The van der Waals surface area contributed by atoms with E-state index in [1.807, 2.05) is 40.7 Å². The Hall–Kier alpha value is -2.37. The molecular weight excluding hydrogens is 292 g/mol. The van der Waals surface area contributed by atoms with Gasteiger partial charge in [0.15, 0.2) is 0 Å². The Morgan fingerprint density at radius 2 is 1.96 bits per heavy atom. The number of amides is 2. The Labute approximate surface area is 135 Å². The lowest BCUT2D eigenvalue weighted by Gasteiger charge is -2.17. The first-order valence-electron chi connectivity index (χ1n) is 8.17. The van der Waals surface area contributed by atoms with Crippen LogP contribution in [0.3, 0.4) is 0 Å². The standard InChI is InChI=1S/C17H22N4O2/c1-2-16(22)18-11-15-19-13-7-3-4-8-14(13)21(15)12-17(23)20-9-5-6-10-20/h3-4,7-8H,2,5-6,9-12H2,1H3,(H,18,22). The van der Waals surface area contributed by atoms with Crippen molar-refractivity contribution in [3.8, 4) is 0 Å². The average Bonchev–Trinajstić information content (AvgIpc) is 3.21. The van der Waals surface area contributed by atoms with Crippen LogP contribution in [0.4, 0.5) is 0 Å². The van der Waals surface area contributed by atoms with Crippen LogP contribution in [-0.4, -0.2) is 39.4 Å². The predicted molar refractivity (Wildman–Crippen MR) is 87.7 cm³/mol. The maximum Gasteiger partial charge on any atom is 0.242 e. The number of likely N-dealkylation sites (tertiary alicyclic amines) is 1. The molecule has 0 bridgehead atoms. The number of hydrogen-bond donors (Lipinski definition) is 1. The summed E-state index contributed by atoms with van der Waals surface area (Å²) in [5.41, 5.74) is 1.78. The molecule has 2 amide bonds. The molecule has 1 aliphatic heterocycles. The van der Waals surface area contributed by atoms with Crippen molar-refractivity contribution in [2.24, 2.45) is 0 Å². The van der Waals surface area contributed by atoms with Crippen LogP contribution in [0.1, 0.15) is 32.0 Å². The molecule has 0 aliphatic carbocycles. The summed E-state index contributed by atoms with van der Waals surface area (Å²) in [6.45, 7) is 4.11. The van der Waals surface area contributed by atoms with Crippen LogP contribution in [0.5, 0.6) is 0 Å². The number of hydrogen-bond acceptors (Lipinski definition) is 3. The Morgan fingerprint density at radius 1 is 1.22 bits per heavy atom. The number of imidazole rings is 1. The van der Waals surface area contributed by atoms with Crippen LogP contribution >= 0.6 is 0 Å². The van der Waals surface area contributed by atoms with Gasteiger partial charge in [-0.1, -0.05) is 19.1 Å². The largest absolute Gasteiger partial charge is 0.349 e. The van der Waals surface area contributed by atoms with Gasteiger partial charge in [0.1, 0.15) is 12.4 Å². The van der Waals surface area contributed by atoms with Crippen LogP contribution < -0.4 is 5.32 Å². The molecule has 6 heteroatoms. The Morgan fingerprint density at radius 3 is 2.70 bits per heavy atom. The van der Waals surface area contributed by atoms with E-state index in [1.54, 1.807) is 0 Å². The van der Waals surface area contributed by atoms with E-state index in [2.05, 4.69) is 10.3 Å². The molecule has 1 aliphatic rings. The molecule has 1 saturated heterocycles. The zero-order valence-corrected chi connectivity index (χ0v) is 13.4. The third kappa shape index (κ3) is 3.36. The fourth-order valence-corrected chi connectivity index (χ4v) is 2.94. The van der Waals surface area contributed by atoms with E-state index in [0.717, 1.165) is 42.8 Å². The predicted octanol–water partition coefficient (Wildman–Crippen LogP) is 1.68. The highest BCUT2D eigenvalue weighted by molar-refractivity contribution is 5.81. The molecule has 0 unspecified atom stereocenters. The zero-order valence-electron chi connectivity index (χ0n) is 13.4. The molecule has 6 nitrogen and oxygen atoms in total. The van der Waals surface area contributed by atoms with Gasteiger partial charge in [0.05, 0.1) is 17.6 Å². The van der Waals surface area contributed by atoms with Crippen molar-refractivity contribution in [2.45, 2.75) is 39.3 Å². The van der Waals surface area contributed by atoms with E-state index in [1.165, 1.54) is 0 Å². The second-order valence-electron chi connectivity index (χ2n) is 5.82. The monoisotopic (exact) mass is 314 g/mol. The summed E-state index contributed by atoms with van der Waals surface area (Å²) in [5.74, 6) is 0.823.